The number of ether oxygens (including phenoxy) is 1. The molecule has 0 saturated heterocycles. The van der Waals surface area contributed by atoms with Gasteiger partial charge in [0.15, 0.2) is 5.82 Å². The maximum Gasteiger partial charge on any atom is 0.340 e. The molecule has 1 radical (unpaired) electrons. The molecule has 0 atom stereocenters. The van der Waals surface area contributed by atoms with Crippen LogP contribution in [-0.4, -0.2) is 47.9 Å². The SMILES string of the molecule is Cc1c(Cc2cccc(NS(N)(=O)=O)c2F)c(=O)oc2cc(Oc3ncccn3)ccc12.[Na]. The van der Waals surface area contributed by atoms with Crippen molar-refractivity contribution in [2.45, 2.75) is 13.3 Å². The van der Waals surface area contributed by atoms with E-state index in [1.54, 1.807) is 31.2 Å². The second-order valence-corrected chi connectivity index (χ2v) is 8.18. The molecule has 2 aromatic carbocycles. The zero-order chi connectivity index (χ0) is 22.9. The zero-order valence-electron chi connectivity index (χ0n) is 17.7. The van der Waals surface area contributed by atoms with Crippen molar-refractivity contribution in [3.8, 4) is 11.8 Å². The van der Waals surface area contributed by atoms with Crippen LogP contribution in [-0.2, 0) is 16.6 Å². The molecular weight excluding hydrogens is 462 g/mol. The normalized spacial score (nSPS) is 11.1. The second kappa shape index (κ2) is 9.98. The van der Waals surface area contributed by atoms with E-state index >= 15 is 0 Å². The van der Waals surface area contributed by atoms with Crippen molar-refractivity contribution in [3.05, 3.63) is 87.8 Å². The summed E-state index contributed by atoms with van der Waals surface area (Å²) in [5.74, 6) is -0.446. The molecule has 9 nitrogen and oxygen atoms in total. The first-order valence-electron chi connectivity index (χ1n) is 9.30. The number of nitrogens with two attached hydrogens (primary N) is 1. The molecular formula is C21H17FN4NaO5S. The van der Waals surface area contributed by atoms with Crippen molar-refractivity contribution in [3.63, 3.8) is 0 Å². The molecule has 0 bridgehead atoms. The molecule has 4 rings (SSSR count). The molecule has 0 aliphatic rings. The molecule has 0 spiro atoms. The van der Waals surface area contributed by atoms with Crippen LogP contribution in [0.15, 0.2) is 64.1 Å². The van der Waals surface area contributed by atoms with E-state index in [1.165, 1.54) is 30.6 Å². The maximum atomic E-state index is 14.8. The van der Waals surface area contributed by atoms with E-state index in [-0.39, 0.29) is 64.4 Å². The van der Waals surface area contributed by atoms with Crippen LogP contribution in [0.3, 0.4) is 0 Å². The number of nitrogens with zero attached hydrogens (tertiary/aromatic N) is 2. The van der Waals surface area contributed by atoms with Crippen LogP contribution in [0.5, 0.6) is 11.8 Å². The van der Waals surface area contributed by atoms with E-state index in [1.807, 2.05) is 4.72 Å². The minimum Gasteiger partial charge on any atom is -0.424 e. The Morgan fingerprint density at radius 2 is 1.88 bits per heavy atom. The van der Waals surface area contributed by atoms with E-state index in [2.05, 4.69) is 9.97 Å². The van der Waals surface area contributed by atoms with E-state index in [0.717, 1.165) is 0 Å². The van der Waals surface area contributed by atoms with Crippen LogP contribution >= 0.6 is 0 Å². The van der Waals surface area contributed by atoms with Crippen molar-refractivity contribution < 1.29 is 22.0 Å². The minimum atomic E-state index is -4.15. The Bertz CT molecular complexity index is 1480. The molecule has 2 aromatic heterocycles. The van der Waals surface area contributed by atoms with Gasteiger partial charge in [-0.2, -0.15) is 8.42 Å². The molecule has 4 aromatic rings. The number of benzene rings is 2. The van der Waals surface area contributed by atoms with Gasteiger partial charge in [0.25, 0.3) is 10.2 Å². The molecule has 0 aliphatic carbocycles. The molecule has 2 heterocycles. The third-order valence-electron chi connectivity index (χ3n) is 4.71. The summed E-state index contributed by atoms with van der Waals surface area (Å²) in [5, 5.41) is 5.56. The zero-order valence-corrected chi connectivity index (χ0v) is 20.5. The Hall–Kier alpha value is -2.83. The monoisotopic (exact) mass is 479 g/mol. The van der Waals surface area contributed by atoms with Crippen LogP contribution in [0.2, 0.25) is 0 Å². The molecule has 0 unspecified atom stereocenters. The summed E-state index contributed by atoms with van der Waals surface area (Å²) in [5.41, 5.74) is 0.279. The number of aromatic nitrogens is 2. The predicted octanol–water partition coefficient (Wildman–Crippen LogP) is 2.65. The van der Waals surface area contributed by atoms with Crippen LogP contribution in [0, 0.1) is 12.7 Å². The first-order chi connectivity index (χ1) is 15.2. The van der Waals surface area contributed by atoms with Crippen molar-refractivity contribution in [1.82, 2.24) is 9.97 Å². The van der Waals surface area contributed by atoms with Gasteiger partial charge in [-0.15, -0.1) is 0 Å². The summed E-state index contributed by atoms with van der Waals surface area (Å²) in [4.78, 5) is 20.6. The Morgan fingerprint density at radius 3 is 2.58 bits per heavy atom. The number of hydrogen-bond donors (Lipinski definition) is 2. The topological polar surface area (TPSA) is 137 Å². The number of anilines is 1. The number of nitrogens with one attached hydrogen (secondary N) is 1. The Kier molecular flexibility index (Phi) is 7.50. The summed E-state index contributed by atoms with van der Waals surface area (Å²) in [6, 6.07) is 10.9. The molecule has 33 heavy (non-hydrogen) atoms. The first-order valence-corrected chi connectivity index (χ1v) is 10.8. The molecule has 0 saturated carbocycles. The van der Waals surface area contributed by atoms with Crippen molar-refractivity contribution in [1.29, 1.82) is 0 Å². The van der Waals surface area contributed by atoms with E-state index in [4.69, 9.17) is 14.3 Å². The molecule has 165 valence electrons. The number of hydrogen-bond acceptors (Lipinski definition) is 7. The standard InChI is InChI=1S/C21H17FN4O5S.Na/c1-12-15-7-6-14(30-21-24-8-3-9-25-21)11-18(15)31-20(27)16(12)10-13-4-2-5-17(19(13)22)26-32(23,28)29;/h2-9,11,26H,10H2,1H3,(H2,23,28,29);. The van der Waals surface area contributed by atoms with Gasteiger partial charge in [-0.3, -0.25) is 4.72 Å². The van der Waals surface area contributed by atoms with Gasteiger partial charge in [-0.25, -0.2) is 24.3 Å². The molecule has 0 fully saturated rings. The maximum absolute atomic E-state index is 14.8. The summed E-state index contributed by atoms with van der Waals surface area (Å²) < 4.78 is 50.2. The summed E-state index contributed by atoms with van der Waals surface area (Å²) in [7, 11) is -4.15. The Balaban J connectivity index is 0.00000306. The minimum absolute atomic E-state index is 0. The van der Waals surface area contributed by atoms with Gasteiger partial charge in [-0.1, -0.05) is 12.1 Å². The van der Waals surface area contributed by atoms with Crippen molar-refractivity contribution in [2.24, 2.45) is 5.14 Å². The van der Waals surface area contributed by atoms with E-state index in [9.17, 15) is 17.6 Å². The smallest absolute Gasteiger partial charge is 0.340 e. The van der Waals surface area contributed by atoms with Gasteiger partial charge < -0.3 is 9.15 Å². The fourth-order valence-electron chi connectivity index (χ4n) is 3.22. The predicted molar refractivity (Wildman–Crippen MR) is 121 cm³/mol. The molecule has 0 aliphatic heterocycles. The molecule has 12 heteroatoms. The average Bonchev–Trinajstić information content (AvgIpc) is 2.73. The van der Waals surface area contributed by atoms with Gasteiger partial charge in [0.1, 0.15) is 11.3 Å². The second-order valence-electron chi connectivity index (χ2n) is 6.89. The van der Waals surface area contributed by atoms with Crippen LogP contribution in [0.25, 0.3) is 11.0 Å². The fourth-order valence-corrected chi connectivity index (χ4v) is 3.69. The van der Waals surface area contributed by atoms with Crippen molar-refractivity contribution in [2.75, 3.05) is 4.72 Å². The summed E-state index contributed by atoms with van der Waals surface area (Å²) >= 11 is 0. The molecule has 3 N–H and O–H groups in total. The number of rotatable bonds is 6. The van der Waals surface area contributed by atoms with Gasteiger partial charge in [0.2, 0.25) is 0 Å². The summed E-state index contributed by atoms with van der Waals surface area (Å²) in [6.07, 6.45) is 2.96. The number of aryl methyl sites for hydroxylation is 1. The van der Waals surface area contributed by atoms with Crippen molar-refractivity contribution >= 4 is 56.4 Å². The van der Waals surface area contributed by atoms with Crippen LogP contribution in [0.4, 0.5) is 10.1 Å². The summed E-state index contributed by atoms with van der Waals surface area (Å²) in [6.45, 7) is 1.72. The third-order valence-corrected chi connectivity index (χ3v) is 5.21. The van der Waals surface area contributed by atoms with Gasteiger partial charge in [0, 0.05) is 65.4 Å². The first kappa shape index (κ1) is 24.8. The fraction of sp³-hybridized carbons (Fsp3) is 0.0952. The van der Waals surface area contributed by atoms with Crippen LogP contribution < -0.4 is 20.2 Å². The van der Waals surface area contributed by atoms with Gasteiger partial charge in [-0.05, 0) is 42.3 Å². The van der Waals surface area contributed by atoms with E-state index < -0.39 is 21.7 Å². The van der Waals surface area contributed by atoms with Gasteiger partial charge >= 0.3 is 11.6 Å². The quantitative estimate of drug-likeness (QED) is 0.320. The largest absolute Gasteiger partial charge is 0.424 e. The van der Waals surface area contributed by atoms with Gasteiger partial charge in [0.05, 0.1) is 5.69 Å². The van der Waals surface area contributed by atoms with Crippen LogP contribution in [0.1, 0.15) is 16.7 Å². The Morgan fingerprint density at radius 1 is 1.15 bits per heavy atom. The van der Waals surface area contributed by atoms with E-state index in [0.29, 0.717) is 16.7 Å². The number of halogens is 1. The average molecular weight is 479 g/mol. The third kappa shape index (κ3) is 5.75. The Labute approximate surface area is 210 Å². The number of fused-ring (bicyclic) bond motifs is 1. The molecule has 0 amide bonds.